The average molecular weight is 1380 g/mol. The SMILES string of the molecule is c1ccc(Sc2cc3c(cc2Sc2ccccc2)-c2cc4[nH]c(cc5nc(cc6[nH]c(cc-3n2)c2cc(Sc3ccccc3)c(Sc3ccccc3)cc62)-c2cc(Sc3ccccc3)c(Sc3ccccc3)cc2-5)c2cc(Sc3ccccc3)c(Sc3ccccc3)cc42)cc1. The van der Waals surface area contributed by atoms with Crippen LogP contribution in [0.2, 0.25) is 0 Å². The van der Waals surface area contributed by atoms with Gasteiger partial charge in [-0.15, -0.1) is 0 Å². The highest BCUT2D eigenvalue weighted by atomic mass is 32.2. The van der Waals surface area contributed by atoms with Gasteiger partial charge in [0.15, 0.2) is 0 Å². The average Bonchev–Trinajstić information content (AvgIpc) is 1.61. The molecule has 0 unspecified atom stereocenters. The summed E-state index contributed by atoms with van der Waals surface area (Å²) in [7, 11) is 0. The van der Waals surface area contributed by atoms with E-state index < -0.39 is 0 Å². The summed E-state index contributed by atoms with van der Waals surface area (Å²) in [5.41, 5.74) is 11.6. The molecular formula is C84H54N4S8. The molecule has 5 heterocycles. The van der Waals surface area contributed by atoms with E-state index in [0.29, 0.717) is 0 Å². The van der Waals surface area contributed by atoms with Gasteiger partial charge in [-0.1, -0.05) is 240 Å². The second-order valence-electron chi connectivity index (χ2n) is 22.9. The van der Waals surface area contributed by atoms with Crippen LogP contribution in [0.4, 0.5) is 0 Å². The number of nitrogens with one attached hydrogen (secondary N) is 2. The fourth-order valence-corrected chi connectivity index (χ4v) is 20.1. The number of aromatic amines is 2. The molecular weight excluding hydrogens is 1320 g/mol. The molecule has 2 aliphatic heterocycles. The fourth-order valence-electron chi connectivity index (χ4n) is 12.0. The molecule has 3 aromatic heterocycles. The smallest absolute Gasteiger partial charge is 0.0737 e. The third-order valence-corrected chi connectivity index (χ3v) is 25.6. The Morgan fingerprint density at radius 2 is 0.333 bits per heavy atom. The van der Waals surface area contributed by atoms with Crippen molar-refractivity contribution in [2.24, 2.45) is 0 Å². The first kappa shape index (κ1) is 60.7. The summed E-state index contributed by atoms with van der Waals surface area (Å²) < 4.78 is 0. The van der Waals surface area contributed by atoms with Gasteiger partial charge < -0.3 is 9.97 Å². The van der Waals surface area contributed by atoms with Crippen LogP contribution in [-0.2, 0) is 0 Å². The van der Waals surface area contributed by atoms with Crippen LogP contribution in [0.25, 0.3) is 88.6 Å². The summed E-state index contributed by atoms with van der Waals surface area (Å²) in [4.78, 5) is 38.5. The molecule has 12 heteroatoms. The number of benzene rings is 12. The van der Waals surface area contributed by atoms with Crippen LogP contribution in [0.3, 0.4) is 0 Å². The Kier molecular flexibility index (Phi) is 17.3. The first-order chi connectivity index (χ1) is 47.5. The molecule has 0 amide bonds. The van der Waals surface area contributed by atoms with E-state index in [9.17, 15) is 0 Å². The first-order valence-electron chi connectivity index (χ1n) is 31.4. The number of hydrogen-bond acceptors (Lipinski definition) is 10. The number of hydrogen-bond donors (Lipinski definition) is 2. The summed E-state index contributed by atoms with van der Waals surface area (Å²) in [6.07, 6.45) is 0. The van der Waals surface area contributed by atoms with Gasteiger partial charge in [-0.25, -0.2) is 9.97 Å². The second-order valence-corrected chi connectivity index (χ2v) is 31.9. The van der Waals surface area contributed by atoms with Crippen molar-refractivity contribution >= 4 is 138 Å². The standard InChI is InChI=1S/C84H54N4S8/c1-9-25-53(26-10-1)89-77-41-61-62(42-78(77)90-54-27-11-2-12-28-54)70-50-72-65-45-81(93-57-33-17-5-18-34-57)82(94-58-35-19-6-20-36-58)46-66(65)74(87-72)52-76-68-48-84(96-60-39-23-8-24-40-60)83(95-59-37-21-7-22-38-59)47-67(68)75(88-76)51-73-64-44-80(92-56-31-15-4-16-32-56)79(91-55-29-13-3-14-30-55)43-63(64)71(86-73)49-69(61)85-70/h1-52,85,88H. The molecule has 0 saturated carbocycles. The van der Waals surface area contributed by atoms with E-state index in [2.05, 4.69) is 325 Å². The number of fused-ring (bicyclic) bond motifs is 20. The molecule has 2 aliphatic rings. The van der Waals surface area contributed by atoms with Crippen LogP contribution < -0.4 is 0 Å². The largest absolute Gasteiger partial charge is 0.354 e. The molecule has 0 aliphatic carbocycles. The van der Waals surface area contributed by atoms with Crippen LogP contribution in [0, 0.1) is 0 Å². The molecule has 0 atom stereocenters. The quantitative estimate of drug-likeness (QED) is 0.0978. The summed E-state index contributed by atoms with van der Waals surface area (Å²) in [5, 5.41) is 4.37. The molecule has 12 aromatic carbocycles. The predicted molar refractivity (Wildman–Crippen MR) is 409 cm³/mol. The molecule has 4 nitrogen and oxygen atoms in total. The van der Waals surface area contributed by atoms with Gasteiger partial charge in [-0.3, -0.25) is 0 Å². The van der Waals surface area contributed by atoms with Crippen molar-refractivity contribution in [3.8, 4) is 45.0 Å². The lowest BCUT2D eigenvalue weighted by Gasteiger charge is -2.13. The summed E-state index contributed by atoms with van der Waals surface area (Å²) in [5.74, 6) is 0. The summed E-state index contributed by atoms with van der Waals surface area (Å²) in [6.45, 7) is 0. The zero-order valence-corrected chi connectivity index (χ0v) is 57.7. The predicted octanol–water partition coefficient (Wildman–Crippen LogP) is 26.5. The first-order valence-corrected chi connectivity index (χ1v) is 37.9. The molecule has 17 rings (SSSR count). The van der Waals surface area contributed by atoms with E-state index >= 15 is 0 Å². The number of aromatic nitrogens is 4. The third kappa shape index (κ3) is 13.0. The maximum absolute atomic E-state index is 5.84. The minimum atomic E-state index is 0.874. The van der Waals surface area contributed by atoms with E-state index in [0.717, 1.165) is 128 Å². The third-order valence-electron chi connectivity index (χ3n) is 16.5. The van der Waals surface area contributed by atoms with Gasteiger partial charge >= 0.3 is 0 Å². The maximum atomic E-state index is 5.84. The van der Waals surface area contributed by atoms with Gasteiger partial charge in [0.05, 0.1) is 22.8 Å². The van der Waals surface area contributed by atoms with Crippen molar-refractivity contribution < 1.29 is 0 Å². The lowest BCUT2D eigenvalue weighted by molar-refractivity contribution is 1.24. The van der Waals surface area contributed by atoms with Crippen molar-refractivity contribution in [2.75, 3.05) is 0 Å². The highest BCUT2D eigenvalue weighted by molar-refractivity contribution is 8.03. The summed E-state index contributed by atoms with van der Waals surface area (Å²) in [6, 6.07) is 114. The van der Waals surface area contributed by atoms with Crippen molar-refractivity contribution in [1.29, 1.82) is 0 Å². The number of rotatable bonds is 16. The molecule has 2 N–H and O–H groups in total. The van der Waals surface area contributed by atoms with Crippen LogP contribution in [0.15, 0.2) is 394 Å². The van der Waals surface area contributed by atoms with E-state index in [1.165, 1.54) is 39.2 Å². The zero-order chi connectivity index (χ0) is 63.7. The molecule has 0 saturated heterocycles. The van der Waals surface area contributed by atoms with Crippen LogP contribution in [-0.4, -0.2) is 19.9 Å². The fraction of sp³-hybridized carbons (Fsp3) is 0. The minimum absolute atomic E-state index is 0.874. The Morgan fingerprint density at radius 3 is 0.500 bits per heavy atom. The highest BCUT2D eigenvalue weighted by Gasteiger charge is 2.26. The lowest BCUT2D eigenvalue weighted by Crippen LogP contribution is -1.86. The molecule has 0 fully saturated rings. The molecule has 458 valence electrons. The number of nitrogens with zero attached hydrogens (tertiary/aromatic N) is 2. The second kappa shape index (κ2) is 27.3. The minimum Gasteiger partial charge on any atom is -0.354 e. The molecule has 0 spiro atoms. The van der Waals surface area contributed by atoms with Gasteiger partial charge in [0.1, 0.15) is 0 Å². The monoisotopic (exact) mass is 1370 g/mol. The van der Waals surface area contributed by atoms with E-state index in [4.69, 9.17) is 9.97 Å². The van der Waals surface area contributed by atoms with Crippen molar-refractivity contribution in [3.05, 3.63) is 315 Å². The Morgan fingerprint density at radius 1 is 0.177 bits per heavy atom. The van der Waals surface area contributed by atoms with Crippen molar-refractivity contribution in [1.82, 2.24) is 19.9 Å². The van der Waals surface area contributed by atoms with Crippen LogP contribution >= 0.6 is 94.1 Å². The van der Waals surface area contributed by atoms with Crippen LogP contribution in [0.1, 0.15) is 0 Å². The highest BCUT2D eigenvalue weighted by Crippen LogP contribution is 2.52. The molecule has 8 bridgehead atoms. The van der Waals surface area contributed by atoms with E-state index in [-0.39, 0.29) is 0 Å². The van der Waals surface area contributed by atoms with Gasteiger partial charge in [-0.05, 0) is 170 Å². The molecule has 0 radical (unpaired) electrons. The lowest BCUT2D eigenvalue weighted by atomic mass is 10.0. The normalized spacial score (nSPS) is 11.7. The van der Waals surface area contributed by atoms with Gasteiger partial charge in [0.25, 0.3) is 0 Å². The molecule has 15 aromatic rings. The van der Waals surface area contributed by atoms with Crippen molar-refractivity contribution in [2.45, 2.75) is 78.3 Å². The Hall–Kier alpha value is -8.92. The van der Waals surface area contributed by atoms with E-state index in [1.807, 2.05) is 0 Å². The Labute approximate surface area is 591 Å². The molecule has 96 heavy (non-hydrogen) atoms. The summed E-state index contributed by atoms with van der Waals surface area (Å²) >= 11 is 14.4. The van der Waals surface area contributed by atoms with Crippen LogP contribution in [0.5, 0.6) is 0 Å². The topological polar surface area (TPSA) is 57.4 Å². The van der Waals surface area contributed by atoms with Gasteiger partial charge in [-0.2, -0.15) is 0 Å². The Bertz CT molecular complexity index is 4880. The van der Waals surface area contributed by atoms with Gasteiger partial charge in [0, 0.05) is 144 Å². The number of H-pyrrole nitrogens is 2. The maximum Gasteiger partial charge on any atom is 0.0737 e. The van der Waals surface area contributed by atoms with Gasteiger partial charge in [0.2, 0.25) is 0 Å². The Balaban J connectivity index is 0.987. The zero-order valence-electron chi connectivity index (χ0n) is 51.2. The van der Waals surface area contributed by atoms with E-state index in [1.54, 1.807) is 94.1 Å². The van der Waals surface area contributed by atoms with Crippen molar-refractivity contribution in [3.63, 3.8) is 0 Å².